The molecule has 16 heavy (non-hydrogen) atoms. The first-order chi connectivity index (χ1) is 7.78. The Labute approximate surface area is 94.6 Å². The smallest absolute Gasteiger partial charge is 0.157 e. The topological polar surface area (TPSA) is 53.1 Å². The van der Waals surface area contributed by atoms with Gasteiger partial charge in [0, 0.05) is 5.69 Å². The van der Waals surface area contributed by atoms with E-state index in [-0.39, 0.29) is 0 Å². The van der Waals surface area contributed by atoms with Gasteiger partial charge < -0.3 is 10.5 Å². The fourth-order valence-corrected chi connectivity index (χ4v) is 1.48. The Morgan fingerprint density at radius 3 is 2.75 bits per heavy atom. The number of nitrogens with two attached hydrogens (primary N) is 1. The van der Waals surface area contributed by atoms with E-state index in [0.717, 1.165) is 18.0 Å². The van der Waals surface area contributed by atoms with Gasteiger partial charge >= 0.3 is 0 Å². The van der Waals surface area contributed by atoms with Gasteiger partial charge in [0.05, 0.1) is 25.5 Å². The van der Waals surface area contributed by atoms with E-state index in [4.69, 9.17) is 10.5 Å². The van der Waals surface area contributed by atoms with Crippen molar-refractivity contribution in [2.75, 3.05) is 12.3 Å². The highest BCUT2D eigenvalue weighted by atomic mass is 16.5. The van der Waals surface area contributed by atoms with E-state index in [1.165, 1.54) is 5.56 Å². The van der Waals surface area contributed by atoms with Crippen LogP contribution in [0.2, 0.25) is 0 Å². The first-order valence-corrected chi connectivity index (χ1v) is 5.27. The monoisotopic (exact) mass is 217 g/mol. The van der Waals surface area contributed by atoms with Gasteiger partial charge in [0.1, 0.15) is 0 Å². The van der Waals surface area contributed by atoms with Crippen LogP contribution in [0.4, 0.5) is 5.69 Å². The minimum absolute atomic E-state index is 0.660. The number of aromatic nitrogens is 2. The van der Waals surface area contributed by atoms with Crippen LogP contribution in [0.5, 0.6) is 5.75 Å². The quantitative estimate of drug-likeness (QED) is 0.796. The number of hydrogen-bond donors (Lipinski definition) is 1. The zero-order chi connectivity index (χ0) is 11.4. The Bertz CT molecular complexity index is 448. The lowest BCUT2D eigenvalue weighted by molar-refractivity contribution is 0.340. The third kappa shape index (κ3) is 2.53. The van der Waals surface area contributed by atoms with Crippen LogP contribution in [0.15, 0.2) is 36.7 Å². The minimum Gasteiger partial charge on any atom is -0.491 e. The second-order valence-corrected chi connectivity index (χ2v) is 3.55. The molecular weight excluding hydrogens is 202 g/mol. The number of ether oxygens (including phenoxy) is 1. The molecule has 0 saturated heterocycles. The van der Waals surface area contributed by atoms with Crippen LogP contribution in [0.3, 0.4) is 0 Å². The molecule has 4 nitrogen and oxygen atoms in total. The van der Waals surface area contributed by atoms with Crippen molar-refractivity contribution in [1.82, 2.24) is 9.78 Å². The van der Waals surface area contributed by atoms with Crippen molar-refractivity contribution in [1.29, 1.82) is 0 Å². The van der Waals surface area contributed by atoms with Crippen molar-refractivity contribution >= 4 is 5.69 Å². The van der Waals surface area contributed by atoms with E-state index in [9.17, 15) is 0 Å². The third-order valence-corrected chi connectivity index (χ3v) is 2.24. The lowest BCUT2D eigenvalue weighted by atomic mass is 10.2. The van der Waals surface area contributed by atoms with Crippen LogP contribution in [-0.4, -0.2) is 16.4 Å². The average Bonchev–Trinajstić information content (AvgIpc) is 2.70. The average molecular weight is 217 g/mol. The molecule has 0 unspecified atom stereocenters. The van der Waals surface area contributed by atoms with Crippen LogP contribution < -0.4 is 10.5 Å². The third-order valence-electron chi connectivity index (χ3n) is 2.24. The van der Waals surface area contributed by atoms with Gasteiger partial charge in [-0.25, -0.2) is 0 Å². The van der Waals surface area contributed by atoms with Crippen molar-refractivity contribution in [2.45, 2.75) is 13.5 Å². The highest BCUT2D eigenvalue weighted by molar-refractivity contribution is 5.39. The molecule has 2 N–H and O–H groups in total. The van der Waals surface area contributed by atoms with Crippen LogP contribution in [0, 0.1) is 0 Å². The van der Waals surface area contributed by atoms with E-state index >= 15 is 0 Å². The van der Waals surface area contributed by atoms with Gasteiger partial charge in [-0.3, -0.25) is 4.68 Å². The molecule has 2 aromatic rings. The van der Waals surface area contributed by atoms with Crippen LogP contribution in [0.25, 0.3) is 0 Å². The molecule has 0 aliphatic carbocycles. The lowest BCUT2D eigenvalue weighted by Gasteiger charge is -2.02. The molecule has 0 aliphatic rings. The molecule has 0 saturated carbocycles. The molecular formula is C12H15N3O. The van der Waals surface area contributed by atoms with Crippen LogP contribution >= 0.6 is 0 Å². The zero-order valence-electron chi connectivity index (χ0n) is 9.26. The standard InChI is InChI=1S/C12H15N3O/c1-2-16-12-7-14-15(9-12)8-10-3-5-11(13)6-4-10/h3-7,9H,2,8,13H2,1H3. The predicted octanol–water partition coefficient (Wildman–Crippen LogP) is 1.91. The zero-order valence-corrected chi connectivity index (χ0v) is 9.26. The molecule has 0 spiro atoms. The molecule has 0 fully saturated rings. The molecule has 0 atom stereocenters. The van der Waals surface area contributed by atoms with Crippen LogP contribution in [-0.2, 0) is 6.54 Å². The van der Waals surface area contributed by atoms with Gasteiger partial charge in [-0.1, -0.05) is 12.1 Å². The molecule has 1 aromatic carbocycles. The summed E-state index contributed by atoms with van der Waals surface area (Å²) in [6, 6.07) is 7.78. The molecule has 1 heterocycles. The Kier molecular flexibility index (Phi) is 3.10. The van der Waals surface area contributed by atoms with Gasteiger partial charge in [0.25, 0.3) is 0 Å². The highest BCUT2D eigenvalue weighted by Crippen LogP contribution is 2.11. The second kappa shape index (κ2) is 4.70. The van der Waals surface area contributed by atoms with Crippen molar-refractivity contribution in [3.63, 3.8) is 0 Å². The molecule has 1 aromatic heterocycles. The number of benzene rings is 1. The molecule has 0 amide bonds. The SMILES string of the molecule is CCOc1cnn(Cc2ccc(N)cc2)c1. The fraction of sp³-hybridized carbons (Fsp3) is 0.250. The Balaban J connectivity index is 2.05. The lowest BCUT2D eigenvalue weighted by Crippen LogP contribution is -2.00. The predicted molar refractivity (Wildman–Crippen MR) is 63.4 cm³/mol. The van der Waals surface area contributed by atoms with Gasteiger partial charge in [0.15, 0.2) is 5.75 Å². The summed E-state index contributed by atoms with van der Waals surface area (Å²) in [4.78, 5) is 0. The molecule has 0 radical (unpaired) electrons. The number of hydrogen-bond acceptors (Lipinski definition) is 3. The van der Waals surface area contributed by atoms with E-state index in [2.05, 4.69) is 5.10 Å². The Hall–Kier alpha value is -1.97. The molecule has 84 valence electrons. The summed E-state index contributed by atoms with van der Waals surface area (Å²) >= 11 is 0. The first kappa shape index (κ1) is 10.5. The van der Waals surface area contributed by atoms with E-state index in [1.54, 1.807) is 6.20 Å². The van der Waals surface area contributed by atoms with Crippen molar-refractivity contribution in [2.24, 2.45) is 0 Å². The minimum atomic E-state index is 0.660. The number of anilines is 1. The van der Waals surface area contributed by atoms with E-state index in [1.807, 2.05) is 42.1 Å². The summed E-state index contributed by atoms with van der Waals surface area (Å²) in [5.41, 5.74) is 7.57. The van der Waals surface area contributed by atoms with Crippen molar-refractivity contribution in [3.05, 3.63) is 42.2 Å². The van der Waals surface area contributed by atoms with E-state index in [0.29, 0.717) is 6.61 Å². The van der Waals surface area contributed by atoms with Gasteiger partial charge in [-0.05, 0) is 24.6 Å². The molecule has 4 heteroatoms. The molecule has 2 rings (SSSR count). The number of rotatable bonds is 4. The Morgan fingerprint density at radius 2 is 2.06 bits per heavy atom. The highest BCUT2D eigenvalue weighted by Gasteiger charge is 1.99. The van der Waals surface area contributed by atoms with Crippen LogP contribution in [0.1, 0.15) is 12.5 Å². The normalized spacial score (nSPS) is 10.3. The number of nitrogen functional groups attached to an aromatic ring is 1. The number of nitrogens with zero attached hydrogens (tertiary/aromatic N) is 2. The van der Waals surface area contributed by atoms with Crippen molar-refractivity contribution < 1.29 is 4.74 Å². The first-order valence-electron chi connectivity index (χ1n) is 5.27. The second-order valence-electron chi connectivity index (χ2n) is 3.55. The van der Waals surface area contributed by atoms with Gasteiger partial charge in [-0.2, -0.15) is 5.10 Å². The maximum Gasteiger partial charge on any atom is 0.157 e. The maximum absolute atomic E-state index is 5.62. The molecule has 0 bridgehead atoms. The summed E-state index contributed by atoms with van der Waals surface area (Å²) in [5, 5.41) is 4.21. The Morgan fingerprint density at radius 1 is 1.31 bits per heavy atom. The summed E-state index contributed by atoms with van der Waals surface area (Å²) in [6.07, 6.45) is 3.61. The maximum atomic E-state index is 5.62. The largest absolute Gasteiger partial charge is 0.491 e. The molecule has 0 aliphatic heterocycles. The summed E-state index contributed by atoms with van der Waals surface area (Å²) in [6.45, 7) is 3.35. The fourth-order valence-electron chi connectivity index (χ4n) is 1.48. The summed E-state index contributed by atoms with van der Waals surface area (Å²) in [7, 11) is 0. The van der Waals surface area contributed by atoms with E-state index < -0.39 is 0 Å². The van der Waals surface area contributed by atoms with Crippen molar-refractivity contribution in [3.8, 4) is 5.75 Å². The van der Waals surface area contributed by atoms with Gasteiger partial charge in [-0.15, -0.1) is 0 Å². The summed E-state index contributed by atoms with van der Waals surface area (Å²) < 4.78 is 7.18. The van der Waals surface area contributed by atoms with Gasteiger partial charge in [0.2, 0.25) is 0 Å². The summed E-state index contributed by atoms with van der Waals surface area (Å²) in [5.74, 6) is 0.804.